The van der Waals surface area contributed by atoms with E-state index in [-0.39, 0.29) is 6.10 Å². The first-order valence-corrected chi connectivity index (χ1v) is 6.20. The highest BCUT2D eigenvalue weighted by molar-refractivity contribution is 6.31. The number of aryl methyl sites for hydroxylation is 1. The Morgan fingerprint density at radius 2 is 2.12 bits per heavy atom. The average Bonchev–Trinajstić information content (AvgIpc) is 2.31. The molecule has 0 unspecified atom stereocenters. The van der Waals surface area contributed by atoms with E-state index in [0.717, 1.165) is 43.2 Å². The number of ether oxygens (including phenoxy) is 2. The molecule has 0 atom stereocenters. The molecule has 3 heteroatoms. The molecule has 0 N–H and O–H groups in total. The van der Waals surface area contributed by atoms with Crippen LogP contribution in [0.5, 0.6) is 5.75 Å². The topological polar surface area (TPSA) is 18.5 Å². The molecule has 1 heterocycles. The third kappa shape index (κ3) is 2.89. The first-order chi connectivity index (χ1) is 7.79. The van der Waals surface area contributed by atoms with Crippen molar-refractivity contribution in [3.8, 4) is 5.75 Å². The van der Waals surface area contributed by atoms with Gasteiger partial charge >= 0.3 is 0 Å². The van der Waals surface area contributed by atoms with Crippen molar-refractivity contribution >= 4 is 11.6 Å². The van der Waals surface area contributed by atoms with E-state index in [9.17, 15) is 0 Å². The largest absolute Gasteiger partial charge is 0.490 e. The summed E-state index contributed by atoms with van der Waals surface area (Å²) >= 11 is 6.14. The molecule has 1 aromatic rings. The van der Waals surface area contributed by atoms with E-state index in [4.69, 9.17) is 21.1 Å². The number of rotatable bonds is 3. The van der Waals surface area contributed by atoms with Crippen molar-refractivity contribution < 1.29 is 9.47 Å². The van der Waals surface area contributed by atoms with Crippen LogP contribution in [0.3, 0.4) is 0 Å². The Labute approximate surface area is 102 Å². The zero-order valence-electron chi connectivity index (χ0n) is 9.54. The highest BCUT2D eigenvalue weighted by Gasteiger charge is 2.15. The second kappa shape index (κ2) is 5.55. The van der Waals surface area contributed by atoms with E-state index in [0.29, 0.717) is 0 Å². The van der Waals surface area contributed by atoms with Crippen molar-refractivity contribution in [1.29, 1.82) is 0 Å². The molecule has 0 saturated carbocycles. The molecule has 1 aliphatic heterocycles. The molecule has 16 heavy (non-hydrogen) atoms. The summed E-state index contributed by atoms with van der Waals surface area (Å²) in [5.41, 5.74) is 1.17. The van der Waals surface area contributed by atoms with Crippen molar-refractivity contribution in [3.05, 3.63) is 28.8 Å². The lowest BCUT2D eigenvalue weighted by molar-refractivity contribution is 0.0256. The van der Waals surface area contributed by atoms with E-state index >= 15 is 0 Å². The lowest BCUT2D eigenvalue weighted by Crippen LogP contribution is -2.25. The first kappa shape index (κ1) is 11.7. The van der Waals surface area contributed by atoms with Crippen molar-refractivity contribution in [1.82, 2.24) is 0 Å². The van der Waals surface area contributed by atoms with E-state index in [1.165, 1.54) is 5.56 Å². The minimum absolute atomic E-state index is 0.275. The van der Waals surface area contributed by atoms with Gasteiger partial charge in [-0.3, -0.25) is 0 Å². The molecular weight excluding hydrogens is 224 g/mol. The van der Waals surface area contributed by atoms with Crippen LogP contribution >= 0.6 is 11.6 Å². The summed E-state index contributed by atoms with van der Waals surface area (Å²) in [4.78, 5) is 0. The third-order valence-corrected chi connectivity index (χ3v) is 3.23. The number of halogens is 1. The van der Waals surface area contributed by atoms with Gasteiger partial charge in [0.15, 0.2) is 0 Å². The smallest absolute Gasteiger partial charge is 0.121 e. The zero-order valence-corrected chi connectivity index (χ0v) is 10.3. The van der Waals surface area contributed by atoms with Gasteiger partial charge in [0.05, 0.1) is 13.2 Å². The van der Waals surface area contributed by atoms with Crippen LogP contribution in [0.4, 0.5) is 0 Å². The summed E-state index contributed by atoms with van der Waals surface area (Å²) in [6, 6.07) is 5.95. The molecule has 1 fully saturated rings. The monoisotopic (exact) mass is 240 g/mol. The van der Waals surface area contributed by atoms with Crippen LogP contribution in [-0.2, 0) is 11.2 Å². The highest BCUT2D eigenvalue weighted by atomic mass is 35.5. The molecule has 0 aliphatic carbocycles. The van der Waals surface area contributed by atoms with Crippen LogP contribution in [0, 0.1) is 0 Å². The molecule has 0 aromatic heterocycles. The maximum absolute atomic E-state index is 6.14. The summed E-state index contributed by atoms with van der Waals surface area (Å²) in [7, 11) is 0. The summed E-state index contributed by atoms with van der Waals surface area (Å²) in [5, 5.41) is 0.798. The van der Waals surface area contributed by atoms with Crippen LogP contribution in [0.25, 0.3) is 0 Å². The fourth-order valence-electron chi connectivity index (χ4n) is 1.87. The maximum atomic E-state index is 6.14. The highest BCUT2D eigenvalue weighted by Crippen LogP contribution is 2.25. The van der Waals surface area contributed by atoms with E-state index < -0.39 is 0 Å². The molecule has 1 saturated heterocycles. The second-order valence-electron chi connectivity index (χ2n) is 4.04. The number of hydrogen-bond acceptors (Lipinski definition) is 2. The SMILES string of the molecule is CCc1ccc(OC2CCOCC2)cc1Cl. The standard InChI is InChI=1S/C13H17ClO2/c1-2-10-3-4-12(9-13(10)14)16-11-5-7-15-8-6-11/h3-4,9,11H,2,5-8H2,1H3. The minimum atomic E-state index is 0.275. The lowest BCUT2D eigenvalue weighted by atomic mass is 10.1. The second-order valence-corrected chi connectivity index (χ2v) is 4.44. The molecule has 0 amide bonds. The summed E-state index contributed by atoms with van der Waals surface area (Å²) < 4.78 is 11.2. The number of benzene rings is 1. The molecule has 2 nitrogen and oxygen atoms in total. The van der Waals surface area contributed by atoms with Gasteiger partial charge in [0.2, 0.25) is 0 Å². The van der Waals surface area contributed by atoms with Gasteiger partial charge in [-0.25, -0.2) is 0 Å². The molecule has 2 rings (SSSR count). The van der Waals surface area contributed by atoms with Gasteiger partial charge in [0.25, 0.3) is 0 Å². The van der Waals surface area contributed by atoms with Gasteiger partial charge in [-0.05, 0) is 24.1 Å². The first-order valence-electron chi connectivity index (χ1n) is 5.82. The van der Waals surface area contributed by atoms with Gasteiger partial charge in [-0.2, -0.15) is 0 Å². The normalized spacial score (nSPS) is 17.4. The van der Waals surface area contributed by atoms with Gasteiger partial charge in [0.1, 0.15) is 11.9 Å². The Morgan fingerprint density at radius 1 is 1.38 bits per heavy atom. The van der Waals surface area contributed by atoms with E-state index in [2.05, 4.69) is 6.92 Å². The predicted molar refractivity (Wildman–Crippen MR) is 65.3 cm³/mol. The Balaban J connectivity index is 2.01. The van der Waals surface area contributed by atoms with Gasteiger partial charge < -0.3 is 9.47 Å². The maximum Gasteiger partial charge on any atom is 0.121 e. The van der Waals surface area contributed by atoms with Crippen LogP contribution in [0.15, 0.2) is 18.2 Å². The van der Waals surface area contributed by atoms with Gasteiger partial charge in [-0.1, -0.05) is 24.6 Å². The fraction of sp³-hybridized carbons (Fsp3) is 0.538. The quantitative estimate of drug-likeness (QED) is 0.806. The van der Waals surface area contributed by atoms with Gasteiger partial charge in [-0.15, -0.1) is 0 Å². The van der Waals surface area contributed by atoms with E-state index in [1.54, 1.807) is 0 Å². The summed E-state index contributed by atoms with van der Waals surface area (Å²) in [6.07, 6.45) is 3.16. The molecule has 1 aromatic carbocycles. The average molecular weight is 241 g/mol. The Kier molecular flexibility index (Phi) is 4.08. The van der Waals surface area contributed by atoms with Crippen LogP contribution in [-0.4, -0.2) is 19.3 Å². The Hall–Kier alpha value is -0.730. The van der Waals surface area contributed by atoms with E-state index in [1.807, 2.05) is 18.2 Å². The number of hydrogen-bond donors (Lipinski definition) is 0. The predicted octanol–water partition coefficient (Wildman–Crippen LogP) is 3.46. The fourth-order valence-corrected chi connectivity index (χ4v) is 2.18. The lowest BCUT2D eigenvalue weighted by Gasteiger charge is -2.23. The Bertz CT molecular complexity index is 346. The van der Waals surface area contributed by atoms with Crippen LogP contribution in [0.1, 0.15) is 25.3 Å². The van der Waals surface area contributed by atoms with Crippen molar-refractivity contribution in [2.75, 3.05) is 13.2 Å². The molecule has 88 valence electrons. The molecule has 0 radical (unpaired) electrons. The van der Waals surface area contributed by atoms with Gasteiger partial charge in [0, 0.05) is 17.9 Å². The van der Waals surface area contributed by atoms with Crippen molar-refractivity contribution in [3.63, 3.8) is 0 Å². The van der Waals surface area contributed by atoms with Crippen molar-refractivity contribution in [2.45, 2.75) is 32.3 Å². The molecule has 0 bridgehead atoms. The molecular formula is C13H17ClO2. The zero-order chi connectivity index (χ0) is 11.4. The Morgan fingerprint density at radius 3 is 2.75 bits per heavy atom. The van der Waals surface area contributed by atoms with Crippen LogP contribution < -0.4 is 4.74 Å². The molecule has 1 aliphatic rings. The summed E-state index contributed by atoms with van der Waals surface area (Å²) in [6.45, 7) is 3.69. The molecule has 0 spiro atoms. The summed E-state index contributed by atoms with van der Waals surface area (Å²) in [5.74, 6) is 0.870. The third-order valence-electron chi connectivity index (χ3n) is 2.88. The minimum Gasteiger partial charge on any atom is -0.490 e. The van der Waals surface area contributed by atoms with Crippen LogP contribution in [0.2, 0.25) is 5.02 Å². The van der Waals surface area contributed by atoms with Crippen molar-refractivity contribution in [2.24, 2.45) is 0 Å².